The summed E-state index contributed by atoms with van der Waals surface area (Å²) in [7, 11) is -4.30. The van der Waals surface area contributed by atoms with Gasteiger partial charge in [0.05, 0.1) is 22.5 Å². The Hall–Kier alpha value is -3.57. The molecule has 0 heterocycles. The molecule has 0 unspecified atom stereocenters. The molecule has 0 aliphatic carbocycles. The summed E-state index contributed by atoms with van der Waals surface area (Å²) in [6.07, 6.45) is -3.26. The number of anilines is 1. The third-order valence-electron chi connectivity index (χ3n) is 6.69. The third-order valence-corrected chi connectivity index (χ3v) is 8.14. The predicted octanol–water partition coefficient (Wildman–Crippen LogP) is 5.68. The highest BCUT2D eigenvalue weighted by atomic mass is 35.5. The summed E-state index contributed by atoms with van der Waals surface area (Å²) in [5, 5.41) is 2.62. The van der Waals surface area contributed by atoms with Crippen LogP contribution in [0.25, 0.3) is 0 Å². The second-order valence-corrected chi connectivity index (χ2v) is 12.3. The molecule has 226 valence electrons. The second kappa shape index (κ2) is 14.1. The van der Waals surface area contributed by atoms with Gasteiger partial charge in [0.25, 0.3) is 0 Å². The van der Waals surface area contributed by atoms with Crippen molar-refractivity contribution >= 4 is 39.1 Å². The highest BCUT2D eigenvalue weighted by molar-refractivity contribution is 7.92. The average Bonchev–Trinajstić information content (AvgIpc) is 2.93. The van der Waals surface area contributed by atoms with E-state index in [0.29, 0.717) is 22.4 Å². The minimum Gasteiger partial charge on any atom is -0.352 e. The zero-order valence-corrected chi connectivity index (χ0v) is 25.0. The number of benzene rings is 3. The maximum absolute atomic E-state index is 14.0. The van der Waals surface area contributed by atoms with Gasteiger partial charge in [0, 0.05) is 19.0 Å². The summed E-state index contributed by atoms with van der Waals surface area (Å²) < 4.78 is 66.8. The maximum Gasteiger partial charge on any atom is 0.416 e. The molecule has 0 radical (unpaired) electrons. The van der Waals surface area contributed by atoms with Gasteiger partial charge in [0.15, 0.2) is 0 Å². The number of alkyl halides is 3. The van der Waals surface area contributed by atoms with Crippen LogP contribution in [0, 0.1) is 0 Å². The molecular formula is C30H33ClF3N3O4S. The first kappa shape index (κ1) is 32.9. The Kier molecular flexibility index (Phi) is 11.0. The van der Waals surface area contributed by atoms with E-state index >= 15 is 0 Å². The molecular weight excluding hydrogens is 591 g/mol. The van der Waals surface area contributed by atoms with Gasteiger partial charge < -0.3 is 10.2 Å². The fourth-order valence-electron chi connectivity index (χ4n) is 4.25. The van der Waals surface area contributed by atoms with Gasteiger partial charge in [-0.25, -0.2) is 8.42 Å². The molecule has 1 N–H and O–H groups in total. The fraction of sp³-hybridized carbons (Fsp3) is 0.333. The van der Waals surface area contributed by atoms with Crippen LogP contribution in [-0.4, -0.2) is 50.0 Å². The van der Waals surface area contributed by atoms with E-state index in [2.05, 4.69) is 5.32 Å². The topological polar surface area (TPSA) is 86.8 Å². The van der Waals surface area contributed by atoms with Gasteiger partial charge in [-0.1, -0.05) is 79.2 Å². The summed E-state index contributed by atoms with van der Waals surface area (Å²) in [5.74, 6) is -1.24. The van der Waals surface area contributed by atoms with Gasteiger partial charge in [-0.15, -0.1) is 0 Å². The Morgan fingerprint density at radius 3 is 2.05 bits per heavy atom. The van der Waals surface area contributed by atoms with E-state index in [4.69, 9.17) is 11.6 Å². The molecule has 42 heavy (non-hydrogen) atoms. The molecule has 0 spiro atoms. The van der Waals surface area contributed by atoms with Crippen molar-refractivity contribution in [2.75, 3.05) is 17.1 Å². The lowest BCUT2D eigenvalue weighted by atomic mass is 10.0. The van der Waals surface area contributed by atoms with E-state index in [1.54, 1.807) is 54.6 Å². The molecule has 0 fully saturated rings. The lowest BCUT2D eigenvalue weighted by Gasteiger charge is -2.34. The zero-order valence-electron chi connectivity index (χ0n) is 23.4. The Morgan fingerprint density at radius 1 is 0.952 bits per heavy atom. The van der Waals surface area contributed by atoms with Crippen LogP contribution in [0.5, 0.6) is 0 Å². The van der Waals surface area contributed by atoms with Gasteiger partial charge in [0.1, 0.15) is 12.6 Å². The molecule has 2 atom stereocenters. The number of carbonyl (C=O) groups is 2. The van der Waals surface area contributed by atoms with E-state index in [-0.39, 0.29) is 24.0 Å². The van der Waals surface area contributed by atoms with Crippen molar-refractivity contribution in [2.24, 2.45) is 0 Å². The van der Waals surface area contributed by atoms with Crippen LogP contribution in [-0.2, 0) is 38.8 Å². The van der Waals surface area contributed by atoms with Crippen LogP contribution in [0.15, 0.2) is 78.9 Å². The molecule has 0 aliphatic heterocycles. The van der Waals surface area contributed by atoms with Crippen LogP contribution < -0.4 is 9.62 Å². The van der Waals surface area contributed by atoms with E-state index in [1.807, 2.05) is 19.9 Å². The summed E-state index contributed by atoms with van der Waals surface area (Å²) >= 11 is 6.17. The van der Waals surface area contributed by atoms with Gasteiger partial charge in [-0.05, 0) is 42.7 Å². The molecule has 0 aliphatic rings. The molecule has 7 nitrogen and oxygen atoms in total. The second-order valence-electron chi connectivity index (χ2n) is 9.96. The summed E-state index contributed by atoms with van der Waals surface area (Å²) in [6.45, 7) is 2.78. The average molecular weight is 624 g/mol. The van der Waals surface area contributed by atoms with Crippen molar-refractivity contribution in [1.29, 1.82) is 0 Å². The first-order valence-electron chi connectivity index (χ1n) is 13.2. The number of rotatable bonds is 12. The van der Waals surface area contributed by atoms with Crippen molar-refractivity contribution < 1.29 is 31.2 Å². The minimum absolute atomic E-state index is 0.0565. The highest BCUT2D eigenvalue weighted by Crippen LogP contribution is 2.36. The SMILES string of the molecule is CC[C@H](C)NC(=O)[C@H](Cc1ccccc1)N(Cc1ccccc1)C(=O)CN(c1cc(C(F)(F)F)ccc1Cl)S(C)(=O)=O. The Bertz CT molecular complexity index is 1470. The highest BCUT2D eigenvalue weighted by Gasteiger charge is 2.36. The molecule has 3 rings (SSSR count). The standard InChI is InChI=1S/C30H33ClF3N3O4S/c1-4-21(2)35-29(39)27(17-22-11-7-5-8-12-22)36(19-23-13-9-6-10-14-23)28(38)20-37(42(3,40)41)26-18-24(30(32,33)34)15-16-25(26)31/h5-16,18,21,27H,4,17,19-20H2,1-3H3,(H,35,39)/t21-,27-/m0/s1. The van der Waals surface area contributed by atoms with Crippen molar-refractivity contribution in [1.82, 2.24) is 10.2 Å². The van der Waals surface area contributed by atoms with E-state index in [9.17, 15) is 31.2 Å². The van der Waals surface area contributed by atoms with Crippen molar-refractivity contribution in [3.05, 3.63) is 101 Å². The Balaban J connectivity index is 2.10. The molecule has 0 saturated heterocycles. The molecule has 2 amide bonds. The van der Waals surface area contributed by atoms with Crippen molar-refractivity contribution in [2.45, 2.75) is 51.5 Å². The fourth-order valence-corrected chi connectivity index (χ4v) is 5.37. The number of nitrogens with one attached hydrogen (secondary N) is 1. The largest absolute Gasteiger partial charge is 0.416 e. The first-order valence-corrected chi connectivity index (χ1v) is 15.5. The van der Waals surface area contributed by atoms with Crippen LogP contribution in [0.1, 0.15) is 37.0 Å². The van der Waals surface area contributed by atoms with Gasteiger partial charge in [0.2, 0.25) is 21.8 Å². The van der Waals surface area contributed by atoms with Gasteiger partial charge in [-0.3, -0.25) is 13.9 Å². The van der Waals surface area contributed by atoms with Crippen LogP contribution in [0.2, 0.25) is 5.02 Å². The molecule has 3 aromatic carbocycles. The first-order chi connectivity index (χ1) is 19.7. The number of sulfonamides is 1. The van der Waals surface area contributed by atoms with E-state index < -0.39 is 51.9 Å². The predicted molar refractivity (Wildman–Crippen MR) is 157 cm³/mol. The smallest absolute Gasteiger partial charge is 0.352 e. The monoisotopic (exact) mass is 623 g/mol. The molecule has 0 saturated carbocycles. The number of hydrogen-bond acceptors (Lipinski definition) is 4. The van der Waals surface area contributed by atoms with E-state index in [1.165, 1.54) is 4.90 Å². The Labute approximate surface area is 249 Å². The summed E-state index contributed by atoms with van der Waals surface area (Å²) in [6, 6.07) is 18.8. The molecule has 0 bridgehead atoms. The number of nitrogens with zero attached hydrogens (tertiary/aromatic N) is 2. The van der Waals surface area contributed by atoms with Crippen molar-refractivity contribution in [3.63, 3.8) is 0 Å². The number of carbonyl (C=O) groups excluding carboxylic acids is 2. The lowest BCUT2D eigenvalue weighted by molar-refractivity contribution is -0.140. The van der Waals surface area contributed by atoms with E-state index in [0.717, 1.165) is 24.0 Å². The van der Waals surface area contributed by atoms with Crippen LogP contribution in [0.3, 0.4) is 0 Å². The number of amides is 2. The lowest BCUT2D eigenvalue weighted by Crippen LogP contribution is -2.54. The summed E-state index contributed by atoms with van der Waals surface area (Å²) in [4.78, 5) is 28.9. The minimum atomic E-state index is -4.78. The summed E-state index contributed by atoms with van der Waals surface area (Å²) in [5.41, 5.74) is -0.193. The van der Waals surface area contributed by atoms with Crippen LogP contribution in [0.4, 0.5) is 18.9 Å². The third kappa shape index (κ3) is 8.96. The Morgan fingerprint density at radius 2 is 1.52 bits per heavy atom. The zero-order chi connectivity index (χ0) is 31.1. The maximum atomic E-state index is 14.0. The van der Waals surface area contributed by atoms with Crippen LogP contribution >= 0.6 is 11.6 Å². The van der Waals surface area contributed by atoms with Gasteiger partial charge in [-0.2, -0.15) is 13.2 Å². The number of hydrogen-bond donors (Lipinski definition) is 1. The normalized spacial score (nSPS) is 13.2. The van der Waals surface area contributed by atoms with Gasteiger partial charge >= 0.3 is 6.18 Å². The molecule has 3 aromatic rings. The molecule has 12 heteroatoms. The quantitative estimate of drug-likeness (QED) is 0.281. The number of halogens is 4. The molecule has 0 aromatic heterocycles. The van der Waals surface area contributed by atoms with Crippen molar-refractivity contribution in [3.8, 4) is 0 Å².